The van der Waals surface area contributed by atoms with E-state index < -0.39 is 0 Å². The van der Waals surface area contributed by atoms with Crippen LogP contribution in [0.5, 0.6) is 0 Å². The molecule has 0 atom stereocenters. The summed E-state index contributed by atoms with van der Waals surface area (Å²) in [6.45, 7) is 11.0. The highest BCUT2D eigenvalue weighted by atomic mass is 14.9. The Balaban J connectivity index is 2.29. The molecule has 0 saturated carbocycles. The maximum Gasteiger partial charge on any atom is 0.213 e. The SMILES string of the molecule is Cc1cc(C)c(-c2c3ccc(C)cc3[n+](C)c3cc(C)ccc23)c(C)c1. The summed E-state index contributed by atoms with van der Waals surface area (Å²) in [4.78, 5) is 0. The zero-order valence-electron chi connectivity index (χ0n) is 16.6. The van der Waals surface area contributed by atoms with Crippen molar-refractivity contribution in [2.24, 2.45) is 7.05 Å². The fourth-order valence-electron chi connectivity index (χ4n) is 4.38. The molecule has 4 aromatic rings. The molecule has 4 rings (SSSR count). The van der Waals surface area contributed by atoms with Crippen molar-refractivity contribution in [2.45, 2.75) is 34.6 Å². The Bertz CT molecular complexity index is 1100. The first-order chi connectivity index (χ1) is 12.4. The van der Waals surface area contributed by atoms with Gasteiger partial charge in [-0.05, 0) is 74.6 Å². The van der Waals surface area contributed by atoms with Crippen LogP contribution in [0.2, 0.25) is 0 Å². The molecule has 130 valence electrons. The second-order valence-electron chi connectivity index (χ2n) is 7.75. The molecule has 0 aliphatic heterocycles. The number of hydrogen-bond acceptors (Lipinski definition) is 0. The summed E-state index contributed by atoms with van der Waals surface area (Å²) in [5.41, 5.74) is 11.9. The van der Waals surface area contributed by atoms with Gasteiger partial charge in [0.15, 0.2) is 0 Å². The number of nitrogens with zero attached hydrogens (tertiary/aromatic N) is 1. The van der Waals surface area contributed by atoms with Gasteiger partial charge in [0, 0.05) is 17.7 Å². The topological polar surface area (TPSA) is 3.88 Å². The normalized spacial score (nSPS) is 11.5. The van der Waals surface area contributed by atoms with Crippen molar-refractivity contribution >= 4 is 21.8 Å². The Labute approximate surface area is 155 Å². The number of benzene rings is 3. The van der Waals surface area contributed by atoms with Gasteiger partial charge in [-0.3, -0.25) is 0 Å². The van der Waals surface area contributed by atoms with E-state index in [-0.39, 0.29) is 0 Å². The molecule has 1 heteroatoms. The number of aromatic nitrogens is 1. The first kappa shape index (κ1) is 16.8. The molecule has 0 unspecified atom stereocenters. The van der Waals surface area contributed by atoms with Crippen molar-refractivity contribution in [3.05, 3.63) is 76.3 Å². The van der Waals surface area contributed by atoms with Crippen LogP contribution in [0.1, 0.15) is 27.8 Å². The van der Waals surface area contributed by atoms with Gasteiger partial charge >= 0.3 is 0 Å². The van der Waals surface area contributed by atoms with E-state index >= 15 is 0 Å². The third-order valence-corrected chi connectivity index (χ3v) is 5.49. The van der Waals surface area contributed by atoms with Crippen LogP contribution >= 0.6 is 0 Å². The lowest BCUT2D eigenvalue weighted by Gasteiger charge is -2.16. The van der Waals surface area contributed by atoms with E-state index in [1.165, 1.54) is 60.8 Å². The van der Waals surface area contributed by atoms with Gasteiger partial charge < -0.3 is 0 Å². The molecule has 0 amide bonds. The van der Waals surface area contributed by atoms with E-state index in [9.17, 15) is 0 Å². The number of pyridine rings is 1. The molecule has 1 aromatic heterocycles. The molecule has 0 radical (unpaired) electrons. The lowest BCUT2D eigenvalue weighted by molar-refractivity contribution is -0.617. The zero-order valence-corrected chi connectivity index (χ0v) is 16.6. The number of rotatable bonds is 1. The molecule has 1 nitrogen and oxygen atoms in total. The third-order valence-electron chi connectivity index (χ3n) is 5.49. The first-order valence-electron chi connectivity index (χ1n) is 9.28. The largest absolute Gasteiger partial charge is 0.213 e. The predicted octanol–water partition coefficient (Wildman–Crippen LogP) is 6.03. The highest BCUT2D eigenvalue weighted by molar-refractivity contribution is 6.08. The van der Waals surface area contributed by atoms with Crippen LogP contribution in [0.15, 0.2) is 48.5 Å². The Morgan fingerprint density at radius 1 is 0.538 bits per heavy atom. The van der Waals surface area contributed by atoms with Gasteiger partial charge in [-0.15, -0.1) is 0 Å². The highest BCUT2D eigenvalue weighted by Gasteiger charge is 2.21. The second-order valence-corrected chi connectivity index (χ2v) is 7.75. The van der Waals surface area contributed by atoms with Gasteiger partial charge in [-0.2, -0.15) is 4.57 Å². The van der Waals surface area contributed by atoms with E-state index in [1.807, 2.05) is 0 Å². The summed E-state index contributed by atoms with van der Waals surface area (Å²) in [5.74, 6) is 0. The van der Waals surface area contributed by atoms with Crippen LogP contribution in [-0.2, 0) is 7.05 Å². The van der Waals surface area contributed by atoms with Gasteiger partial charge in [-0.25, -0.2) is 0 Å². The summed E-state index contributed by atoms with van der Waals surface area (Å²) in [6.07, 6.45) is 0. The second kappa shape index (κ2) is 5.95. The summed E-state index contributed by atoms with van der Waals surface area (Å²) in [5, 5.41) is 2.65. The molecule has 0 saturated heterocycles. The third kappa shape index (κ3) is 2.50. The van der Waals surface area contributed by atoms with Crippen molar-refractivity contribution in [3.63, 3.8) is 0 Å². The monoisotopic (exact) mass is 340 g/mol. The zero-order chi connectivity index (χ0) is 18.6. The minimum atomic E-state index is 1.29. The fourth-order valence-corrected chi connectivity index (χ4v) is 4.38. The molecule has 0 spiro atoms. The van der Waals surface area contributed by atoms with E-state index in [1.54, 1.807) is 0 Å². The molecule has 0 bridgehead atoms. The molecule has 26 heavy (non-hydrogen) atoms. The van der Waals surface area contributed by atoms with Crippen molar-refractivity contribution in [3.8, 4) is 11.1 Å². The fraction of sp³-hybridized carbons (Fsp3) is 0.240. The average Bonchev–Trinajstić information content (AvgIpc) is 2.57. The Hall–Kier alpha value is -2.67. The van der Waals surface area contributed by atoms with Crippen LogP contribution in [0.4, 0.5) is 0 Å². The summed E-state index contributed by atoms with van der Waals surface area (Å²) >= 11 is 0. The lowest BCUT2D eigenvalue weighted by Crippen LogP contribution is -2.30. The Morgan fingerprint density at radius 2 is 1.00 bits per heavy atom. The van der Waals surface area contributed by atoms with Crippen molar-refractivity contribution in [2.75, 3.05) is 0 Å². The van der Waals surface area contributed by atoms with Gasteiger partial charge in [0.2, 0.25) is 11.0 Å². The Morgan fingerprint density at radius 3 is 1.46 bits per heavy atom. The van der Waals surface area contributed by atoms with Crippen molar-refractivity contribution < 1.29 is 4.57 Å². The van der Waals surface area contributed by atoms with Crippen LogP contribution in [0.3, 0.4) is 0 Å². The summed E-state index contributed by atoms with van der Waals surface area (Å²) in [7, 11) is 2.18. The average molecular weight is 340 g/mol. The highest BCUT2D eigenvalue weighted by Crippen LogP contribution is 2.38. The van der Waals surface area contributed by atoms with E-state index in [4.69, 9.17) is 0 Å². The first-order valence-corrected chi connectivity index (χ1v) is 9.28. The summed E-state index contributed by atoms with van der Waals surface area (Å²) < 4.78 is 2.34. The van der Waals surface area contributed by atoms with E-state index in [0.29, 0.717) is 0 Å². The van der Waals surface area contributed by atoms with Crippen molar-refractivity contribution in [1.82, 2.24) is 0 Å². The smallest absolute Gasteiger partial charge is 0.194 e. The van der Waals surface area contributed by atoms with Crippen LogP contribution in [0.25, 0.3) is 32.9 Å². The van der Waals surface area contributed by atoms with Crippen molar-refractivity contribution in [1.29, 1.82) is 0 Å². The quantitative estimate of drug-likeness (QED) is 0.294. The maximum atomic E-state index is 2.34. The molecule has 1 heterocycles. The molecule has 0 N–H and O–H groups in total. The molecule has 0 fully saturated rings. The molecule has 3 aromatic carbocycles. The molecular formula is C25H26N+. The van der Waals surface area contributed by atoms with Gasteiger partial charge in [0.05, 0.1) is 10.8 Å². The van der Waals surface area contributed by atoms with E-state index in [2.05, 4.69) is 94.8 Å². The maximum absolute atomic E-state index is 2.34. The van der Waals surface area contributed by atoms with Crippen LogP contribution < -0.4 is 4.57 Å². The summed E-state index contributed by atoms with van der Waals surface area (Å²) in [6, 6.07) is 18.2. The number of aryl methyl sites for hydroxylation is 6. The predicted molar refractivity (Wildman–Crippen MR) is 112 cm³/mol. The number of hydrogen-bond donors (Lipinski definition) is 0. The van der Waals surface area contributed by atoms with Crippen LogP contribution in [0, 0.1) is 34.6 Å². The van der Waals surface area contributed by atoms with Gasteiger partial charge in [0.1, 0.15) is 7.05 Å². The van der Waals surface area contributed by atoms with Gasteiger partial charge in [-0.1, -0.05) is 29.8 Å². The Kier molecular flexibility index (Phi) is 3.84. The number of fused-ring (bicyclic) bond motifs is 2. The molecule has 0 aliphatic rings. The minimum absolute atomic E-state index is 1.29. The molecule has 0 aliphatic carbocycles. The van der Waals surface area contributed by atoms with E-state index in [0.717, 1.165) is 0 Å². The van der Waals surface area contributed by atoms with Gasteiger partial charge in [0.25, 0.3) is 0 Å². The lowest BCUT2D eigenvalue weighted by atomic mass is 9.88. The standard InChI is InChI=1S/C25H26N/c1-15-7-9-20-22(13-15)26(6)23-14-16(2)8-10-21(23)25(20)24-18(4)11-17(3)12-19(24)5/h7-14H,1-6H3/q+1. The minimum Gasteiger partial charge on any atom is -0.194 e. The molecular weight excluding hydrogens is 314 g/mol. The van der Waals surface area contributed by atoms with Crippen LogP contribution in [-0.4, -0.2) is 0 Å².